The van der Waals surface area contributed by atoms with Crippen molar-refractivity contribution in [3.05, 3.63) is 52.5 Å². The Kier molecular flexibility index (Phi) is 5.38. The lowest BCUT2D eigenvalue weighted by Crippen LogP contribution is -2.08. The monoisotopic (exact) mass is 344 g/mol. The molecular weight excluding hydrogens is 329 g/mol. The van der Waals surface area contributed by atoms with Crippen molar-refractivity contribution in [2.75, 3.05) is 17.7 Å². The quantitative estimate of drug-likeness (QED) is 0.694. The van der Waals surface area contributed by atoms with E-state index in [1.165, 1.54) is 6.07 Å². The lowest BCUT2D eigenvalue weighted by molar-refractivity contribution is -0.137. The lowest BCUT2D eigenvalue weighted by Gasteiger charge is -2.15. The van der Waals surface area contributed by atoms with Gasteiger partial charge in [-0.05, 0) is 42.7 Å². The highest BCUT2D eigenvalue weighted by atomic mass is 35.5. The number of aliphatic hydroxyl groups is 1. The minimum Gasteiger partial charge on any atom is -0.397 e. The molecule has 0 radical (unpaired) electrons. The fourth-order valence-corrected chi connectivity index (χ4v) is 2.38. The normalized spacial score (nSPS) is 11.5. The average Bonchev–Trinajstić information content (AvgIpc) is 2.48. The van der Waals surface area contributed by atoms with Crippen molar-refractivity contribution in [1.82, 2.24) is 0 Å². The zero-order valence-corrected chi connectivity index (χ0v) is 12.9. The van der Waals surface area contributed by atoms with Gasteiger partial charge in [-0.2, -0.15) is 13.2 Å². The predicted octanol–water partition coefficient (Wildman–Crippen LogP) is 4.61. The summed E-state index contributed by atoms with van der Waals surface area (Å²) in [4.78, 5) is 0. The number of nitrogens with two attached hydrogens (primary N) is 1. The second kappa shape index (κ2) is 7.10. The number of hydrogen-bond acceptors (Lipinski definition) is 3. The summed E-state index contributed by atoms with van der Waals surface area (Å²) >= 11 is 5.70. The van der Waals surface area contributed by atoms with Gasteiger partial charge in [-0.15, -0.1) is 0 Å². The molecule has 2 aromatic rings. The molecule has 0 atom stereocenters. The Morgan fingerprint density at radius 1 is 1.13 bits per heavy atom. The van der Waals surface area contributed by atoms with E-state index in [9.17, 15) is 13.2 Å². The summed E-state index contributed by atoms with van der Waals surface area (Å²) in [5, 5.41) is 11.3. The molecule has 0 saturated heterocycles. The molecular formula is C16H16ClF3N2O. The maximum Gasteiger partial charge on any atom is 0.417 e. The van der Waals surface area contributed by atoms with Gasteiger partial charge in [-0.3, -0.25) is 0 Å². The standard InChI is InChI=1S/C16H16ClF3N2O/c17-13-9-15(14(21)8-12(13)16(18,19)20)22-11-5-3-10(4-6-11)2-1-7-23/h3-6,8-9,22-23H,1-2,7,21H2. The van der Waals surface area contributed by atoms with Crippen LogP contribution >= 0.6 is 11.6 Å². The second-order valence-corrected chi connectivity index (χ2v) is 5.47. The van der Waals surface area contributed by atoms with Crippen LogP contribution in [0.4, 0.5) is 30.2 Å². The molecule has 0 aromatic heterocycles. The molecule has 0 aliphatic heterocycles. The molecule has 0 bridgehead atoms. The fraction of sp³-hybridized carbons (Fsp3) is 0.250. The number of hydrogen-bond donors (Lipinski definition) is 3. The average molecular weight is 345 g/mol. The van der Waals surface area contributed by atoms with Gasteiger partial charge in [0.15, 0.2) is 0 Å². The van der Waals surface area contributed by atoms with Gasteiger partial charge in [0, 0.05) is 12.3 Å². The van der Waals surface area contributed by atoms with Crippen LogP contribution in [0, 0.1) is 0 Å². The third kappa shape index (κ3) is 4.53. The first kappa shape index (κ1) is 17.4. The molecule has 2 aromatic carbocycles. The van der Waals surface area contributed by atoms with Crippen LogP contribution in [0.15, 0.2) is 36.4 Å². The van der Waals surface area contributed by atoms with Gasteiger partial charge in [0.25, 0.3) is 0 Å². The maximum absolute atomic E-state index is 12.8. The number of anilines is 3. The van der Waals surface area contributed by atoms with E-state index in [1.807, 2.05) is 12.1 Å². The smallest absolute Gasteiger partial charge is 0.397 e. The van der Waals surface area contributed by atoms with Gasteiger partial charge in [-0.1, -0.05) is 23.7 Å². The molecule has 0 amide bonds. The van der Waals surface area contributed by atoms with Gasteiger partial charge < -0.3 is 16.2 Å². The maximum atomic E-state index is 12.8. The molecule has 0 heterocycles. The summed E-state index contributed by atoms with van der Waals surface area (Å²) in [5.41, 5.74) is 6.74. The second-order valence-electron chi connectivity index (χ2n) is 5.07. The summed E-state index contributed by atoms with van der Waals surface area (Å²) < 4.78 is 38.3. The fourth-order valence-electron chi connectivity index (χ4n) is 2.11. The number of aliphatic hydroxyl groups excluding tert-OH is 1. The van der Waals surface area contributed by atoms with Crippen molar-refractivity contribution in [3.8, 4) is 0 Å². The largest absolute Gasteiger partial charge is 0.417 e. The number of halogens is 4. The van der Waals surface area contributed by atoms with Crippen molar-refractivity contribution in [3.63, 3.8) is 0 Å². The van der Waals surface area contributed by atoms with E-state index in [0.29, 0.717) is 17.8 Å². The van der Waals surface area contributed by atoms with Gasteiger partial charge in [0.2, 0.25) is 0 Å². The lowest BCUT2D eigenvalue weighted by atomic mass is 10.1. The van der Waals surface area contributed by atoms with Gasteiger partial charge in [0.05, 0.1) is 22.0 Å². The third-order valence-electron chi connectivity index (χ3n) is 3.30. The van der Waals surface area contributed by atoms with Crippen LogP contribution in [0.3, 0.4) is 0 Å². The van der Waals surface area contributed by atoms with E-state index in [0.717, 1.165) is 18.1 Å². The molecule has 2 rings (SSSR count). The van der Waals surface area contributed by atoms with Crippen LogP contribution < -0.4 is 11.1 Å². The minimum absolute atomic E-state index is 0.0360. The summed E-state index contributed by atoms with van der Waals surface area (Å²) in [6.45, 7) is 0.126. The SMILES string of the molecule is Nc1cc(C(F)(F)F)c(Cl)cc1Nc1ccc(CCCO)cc1. The van der Waals surface area contributed by atoms with Crippen LogP contribution in [-0.4, -0.2) is 11.7 Å². The van der Waals surface area contributed by atoms with Crippen LogP contribution in [0.25, 0.3) is 0 Å². The first-order valence-corrected chi connectivity index (χ1v) is 7.32. The molecule has 4 N–H and O–H groups in total. The Morgan fingerprint density at radius 3 is 2.35 bits per heavy atom. The summed E-state index contributed by atoms with van der Waals surface area (Å²) in [7, 11) is 0. The Hall–Kier alpha value is -1.92. The molecule has 0 fully saturated rings. The van der Waals surface area contributed by atoms with E-state index < -0.39 is 16.8 Å². The van der Waals surface area contributed by atoms with Crippen molar-refractivity contribution in [2.24, 2.45) is 0 Å². The summed E-state index contributed by atoms with van der Waals surface area (Å²) in [5.74, 6) is 0. The van der Waals surface area contributed by atoms with Crippen molar-refractivity contribution in [2.45, 2.75) is 19.0 Å². The zero-order chi connectivity index (χ0) is 17.0. The van der Waals surface area contributed by atoms with Crippen LogP contribution in [0.2, 0.25) is 5.02 Å². The van der Waals surface area contributed by atoms with Gasteiger partial charge in [0.1, 0.15) is 0 Å². The van der Waals surface area contributed by atoms with E-state index in [4.69, 9.17) is 22.4 Å². The van der Waals surface area contributed by atoms with Crippen molar-refractivity contribution < 1.29 is 18.3 Å². The van der Waals surface area contributed by atoms with Gasteiger partial charge >= 0.3 is 6.18 Å². The van der Waals surface area contributed by atoms with Gasteiger partial charge in [-0.25, -0.2) is 0 Å². The number of nitrogens with one attached hydrogen (secondary N) is 1. The van der Waals surface area contributed by atoms with Crippen LogP contribution in [-0.2, 0) is 12.6 Å². The Morgan fingerprint density at radius 2 is 1.78 bits per heavy atom. The number of benzene rings is 2. The minimum atomic E-state index is -4.54. The molecule has 0 spiro atoms. The molecule has 3 nitrogen and oxygen atoms in total. The van der Waals surface area contributed by atoms with E-state index in [1.54, 1.807) is 12.1 Å². The Labute approximate surface area is 136 Å². The molecule has 23 heavy (non-hydrogen) atoms. The molecule has 0 aliphatic rings. The molecule has 0 unspecified atom stereocenters. The molecule has 124 valence electrons. The first-order valence-electron chi connectivity index (χ1n) is 6.94. The highest BCUT2D eigenvalue weighted by Gasteiger charge is 2.33. The molecule has 0 aliphatic carbocycles. The first-order chi connectivity index (χ1) is 10.8. The Balaban J connectivity index is 2.18. The van der Waals surface area contributed by atoms with Crippen molar-refractivity contribution >= 4 is 28.7 Å². The topological polar surface area (TPSA) is 58.3 Å². The number of rotatable bonds is 5. The number of alkyl halides is 3. The van der Waals surface area contributed by atoms with E-state index in [2.05, 4.69) is 5.32 Å². The van der Waals surface area contributed by atoms with Crippen molar-refractivity contribution in [1.29, 1.82) is 0 Å². The third-order valence-corrected chi connectivity index (χ3v) is 3.61. The summed E-state index contributed by atoms with van der Waals surface area (Å²) in [6, 6.07) is 9.31. The van der Waals surface area contributed by atoms with E-state index >= 15 is 0 Å². The highest BCUT2D eigenvalue weighted by molar-refractivity contribution is 6.32. The van der Waals surface area contributed by atoms with Crippen LogP contribution in [0.1, 0.15) is 17.5 Å². The van der Waals surface area contributed by atoms with Crippen LogP contribution in [0.5, 0.6) is 0 Å². The van der Waals surface area contributed by atoms with E-state index in [-0.39, 0.29) is 12.3 Å². The predicted molar refractivity (Wildman–Crippen MR) is 86.0 cm³/mol. The number of aryl methyl sites for hydroxylation is 1. The zero-order valence-electron chi connectivity index (χ0n) is 12.1. The number of nitrogen functional groups attached to an aromatic ring is 1. The highest BCUT2D eigenvalue weighted by Crippen LogP contribution is 2.39. The molecule has 7 heteroatoms. The summed E-state index contributed by atoms with van der Waals surface area (Å²) in [6.07, 6.45) is -3.11. The Bertz CT molecular complexity index is 672. The molecule has 0 saturated carbocycles.